The van der Waals surface area contributed by atoms with E-state index in [0.29, 0.717) is 18.7 Å². The molecule has 1 amide bonds. The molecule has 1 aliphatic heterocycles. The van der Waals surface area contributed by atoms with Gasteiger partial charge in [0.1, 0.15) is 12.4 Å². The first kappa shape index (κ1) is 19.0. The van der Waals surface area contributed by atoms with Crippen molar-refractivity contribution in [1.82, 2.24) is 24.6 Å². The zero-order chi connectivity index (χ0) is 20.2. The van der Waals surface area contributed by atoms with E-state index in [0.717, 1.165) is 24.3 Å². The number of benzene rings is 1. The lowest BCUT2D eigenvalue weighted by Gasteiger charge is -2.34. The second-order valence-electron chi connectivity index (χ2n) is 6.85. The van der Waals surface area contributed by atoms with Crippen molar-refractivity contribution in [2.24, 2.45) is 0 Å². The fourth-order valence-electron chi connectivity index (χ4n) is 3.25. The molecule has 0 aliphatic carbocycles. The van der Waals surface area contributed by atoms with Crippen LogP contribution in [0.2, 0.25) is 0 Å². The molecule has 8 nitrogen and oxygen atoms in total. The van der Waals surface area contributed by atoms with Gasteiger partial charge in [-0.2, -0.15) is 4.68 Å². The van der Waals surface area contributed by atoms with Crippen LogP contribution in [0, 0.1) is 5.82 Å². The number of piperazine rings is 1. The van der Waals surface area contributed by atoms with Gasteiger partial charge in [0.15, 0.2) is 0 Å². The van der Waals surface area contributed by atoms with Gasteiger partial charge in [-0.3, -0.25) is 14.7 Å². The van der Waals surface area contributed by atoms with Crippen molar-refractivity contribution in [2.75, 3.05) is 26.2 Å². The van der Waals surface area contributed by atoms with Crippen LogP contribution in [0.25, 0.3) is 11.5 Å². The van der Waals surface area contributed by atoms with E-state index >= 15 is 0 Å². The van der Waals surface area contributed by atoms with Crippen molar-refractivity contribution in [2.45, 2.75) is 13.1 Å². The quantitative estimate of drug-likeness (QED) is 0.647. The number of rotatable bonds is 5. The Morgan fingerprint density at radius 3 is 2.41 bits per heavy atom. The Labute approximate surface area is 166 Å². The number of aromatic nitrogens is 3. The summed E-state index contributed by atoms with van der Waals surface area (Å²) in [6, 6.07) is 9.40. The van der Waals surface area contributed by atoms with E-state index in [4.69, 9.17) is 4.42 Å². The molecule has 29 heavy (non-hydrogen) atoms. The predicted octanol–water partition coefficient (Wildman–Crippen LogP) is 1.38. The first-order valence-electron chi connectivity index (χ1n) is 9.31. The van der Waals surface area contributed by atoms with Crippen LogP contribution >= 0.6 is 0 Å². The van der Waals surface area contributed by atoms with Gasteiger partial charge in [0.25, 0.3) is 0 Å². The molecule has 3 heterocycles. The molecule has 1 aliphatic rings. The summed E-state index contributed by atoms with van der Waals surface area (Å²) < 4.78 is 19.1. The fourth-order valence-corrected chi connectivity index (χ4v) is 3.25. The van der Waals surface area contributed by atoms with Crippen molar-refractivity contribution in [3.05, 3.63) is 70.7 Å². The topological polar surface area (TPSA) is 84.5 Å². The van der Waals surface area contributed by atoms with Gasteiger partial charge in [-0.15, -0.1) is 5.10 Å². The van der Waals surface area contributed by atoms with Crippen LogP contribution in [0.5, 0.6) is 0 Å². The van der Waals surface area contributed by atoms with Gasteiger partial charge in [-0.25, -0.2) is 9.18 Å². The van der Waals surface area contributed by atoms with Gasteiger partial charge in [0.2, 0.25) is 11.8 Å². The Morgan fingerprint density at radius 2 is 1.72 bits per heavy atom. The fraction of sp³-hybridized carbons (Fsp3) is 0.300. The third-order valence-corrected chi connectivity index (χ3v) is 4.86. The summed E-state index contributed by atoms with van der Waals surface area (Å²) in [6.45, 7) is 3.30. The van der Waals surface area contributed by atoms with Gasteiger partial charge >= 0.3 is 5.76 Å². The minimum absolute atomic E-state index is 0.0602. The maximum Gasteiger partial charge on any atom is 0.437 e. The Hall–Kier alpha value is -3.33. The lowest BCUT2D eigenvalue weighted by atomic mass is 10.2. The van der Waals surface area contributed by atoms with Gasteiger partial charge in [0.05, 0.1) is 0 Å². The van der Waals surface area contributed by atoms with E-state index < -0.39 is 11.6 Å². The number of hydrogen-bond acceptors (Lipinski definition) is 6. The summed E-state index contributed by atoms with van der Waals surface area (Å²) in [5.41, 5.74) is 1.65. The van der Waals surface area contributed by atoms with Gasteiger partial charge in [0, 0.05) is 50.7 Å². The van der Waals surface area contributed by atoms with Crippen LogP contribution in [0.4, 0.5) is 4.39 Å². The summed E-state index contributed by atoms with van der Waals surface area (Å²) in [4.78, 5) is 32.6. The normalized spacial score (nSPS) is 14.9. The molecule has 1 aromatic carbocycles. The van der Waals surface area contributed by atoms with Crippen molar-refractivity contribution in [1.29, 1.82) is 0 Å². The Morgan fingerprint density at radius 1 is 1.03 bits per heavy atom. The molecule has 2 aromatic heterocycles. The number of pyridine rings is 1. The predicted molar refractivity (Wildman–Crippen MR) is 102 cm³/mol. The van der Waals surface area contributed by atoms with Gasteiger partial charge in [-0.05, 0) is 42.0 Å². The van der Waals surface area contributed by atoms with Crippen LogP contribution in [0.3, 0.4) is 0 Å². The van der Waals surface area contributed by atoms with Crippen LogP contribution in [-0.4, -0.2) is 56.7 Å². The summed E-state index contributed by atoms with van der Waals surface area (Å²) in [7, 11) is 0. The molecule has 0 atom stereocenters. The van der Waals surface area contributed by atoms with Gasteiger partial charge in [-0.1, -0.05) is 0 Å². The lowest BCUT2D eigenvalue weighted by molar-refractivity contribution is -0.134. The van der Waals surface area contributed by atoms with Crippen LogP contribution in [0.15, 0.2) is 58.0 Å². The molecule has 1 saturated heterocycles. The van der Waals surface area contributed by atoms with Crippen molar-refractivity contribution in [3.8, 4) is 11.5 Å². The number of halogens is 1. The van der Waals surface area contributed by atoms with Crippen LogP contribution < -0.4 is 5.76 Å². The largest absolute Gasteiger partial charge is 0.437 e. The Balaban J connectivity index is 1.34. The minimum Gasteiger partial charge on any atom is -0.388 e. The van der Waals surface area contributed by atoms with Crippen LogP contribution in [0.1, 0.15) is 5.56 Å². The second-order valence-corrected chi connectivity index (χ2v) is 6.85. The molecular formula is C20H20FN5O3. The molecule has 0 N–H and O–H groups in total. The van der Waals surface area contributed by atoms with Crippen molar-refractivity contribution >= 4 is 5.91 Å². The van der Waals surface area contributed by atoms with E-state index in [9.17, 15) is 14.0 Å². The van der Waals surface area contributed by atoms with Crippen LogP contribution in [-0.2, 0) is 17.9 Å². The standard InChI is InChI=1S/C20H20FN5O3/c21-17-3-1-16(2-4-17)19-23-26(20(28)29-19)14-18(27)25-11-9-24(10-12-25)13-15-5-7-22-8-6-15/h1-8H,9-14H2. The highest BCUT2D eigenvalue weighted by molar-refractivity contribution is 5.76. The van der Waals surface area contributed by atoms with Crippen molar-refractivity contribution in [3.63, 3.8) is 0 Å². The minimum atomic E-state index is -0.714. The summed E-state index contributed by atoms with van der Waals surface area (Å²) in [5, 5.41) is 4.07. The molecule has 9 heteroatoms. The molecule has 150 valence electrons. The molecule has 0 bridgehead atoms. The molecule has 0 unspecified atom stereocenters. The molecule has 4 rings (SSSR count). The number of carbonyl (C=O) groups is 1. The molecular weight excluding hydrogens is 377 g/mol. The molecule has 0 spiro atoms. The molecule has 1 fully saturated rings. The zero-order valence-corrected chi connectivity index (χ0v) is 15.7. The monoisotopic (exact) mass is 397 g/mol. The average Bonchev–Trinajstić information content (AvgIpc) is 3.10. The molecule has 3 aromatic rings. The number of amides is 1. The maximum absolute atomic E-state index is 13.0. The number of carbonyl (C=O) groups excluding carboxylic acids is 1. The SMILES string of the molecule is O=C(Cn1nc(-c2ccc(F)cc2)oc1=O)N1CCN(Cc2ccncc2)CC1. The lowest BCUT2D eigenvalue weighted by Crippen LogP contribution is -2.49. The summed E-state index contributed by atoms with van der Waals surface area (Å²) in [5.74, 6) is -1.23. The summed E-state index contributed by atoms with van der Waals surface area (Å²) in [6.07, 6.45) is 3.54. The number of hydrogen-bond donors (Lipinski definition) is 0. The Kier molecular flexibility index (Phi) is 5.48. The highest BCUT2D eigenvalue weighted by Gasteiger charge is 2.23. The van der Waals surface area contributed by atoms with E-state index in [1.54, 1.807) is 17.3 Å². The second kappa shape index (κ2) is 8.36. The van der Waals surface area contributed by atoms with E-state index in [1.807, 2.05) is 12.1 Å². The molecule has 0 radical (unpaired) electrons. The van der Waals surface area contributed by atoms with E-state index in [1.165, 1.54) is 29.8 Å². The first-order chi connectivity index (χ1) is 14.1. The van der Waals surface area contributed by atoms with E-state index in [2.05, 4.69) is 15.0 Å². The van der Waals surface area contributed by atoms with Crippen molar-refractivity contribution < 1.29 is 13.6 Å². The Bertz CT molecular complexity index is 1020. The number of nitrogens with zero attached hydrogens (tertiary/aromatic N) is 5. The summed E-state index contributed by atoms with van der Waals surface area (Å²) >= 11 is 0. The first-order valence-corrected chi connectivity index (χ1v) is 9.31. The maximum atomic E-state index is 13.0. The highest BCUT2D eigenvalue weighted by Crippen LogP contribution is 2.15. The van der Waals surface area contributed by atoms with Gasteiger partial charge < -0.3 is 9.32 Å². The average molecular weight is 397 g/mol. The third kappa shape index (κ3) is 4.57. The smallest absolute Gasteiger partial charge is 0.388 e. The third-order valence-electron chi connectivity index (χ3n) is 4.86. The zero-order valence-electron chi connectivity index (χ0n) is 15.7. The highest BCUT2D eigenvalue weighted by atomic mass is 19.1. The molecule has 0 saturated carbocycles. The van der Waals surface area contributed by atoms with E-state index in [-0.39, 0.29) is 18.3 Å².